The molecule has 5 nitrogen and oxygen atoms in total. The second-order valence-corrected chi connectivity index (χ2v) is 10.5. The summed E-state index contributed by atoms with van der Waals surface area (Å²) < 4.78 is 28.5. The molecule has 3 aliphatic rings. The molecule has 0 unspecified atom stereocenters. The van der Waals surface area contributed by atoms with Gasteiger partial charge in [-0.2, -0.15) is 0 Å². The van der Waals surface area contributed by atoms with Crippen molar-refractivity contribution < 1.29 is 18.3 Å². The summed E-state index contributed by atoms with van der Waals surface area (Å²) >= 11 is 6.00. The molecule has 0 heterocycles. The first-order valence-electron chi connectivity index (χ1n) is 10.7. The van der Waals surface area contributed by atoms with Crippen molar-refractivity contribution in [2.45, 2.75) is 57.8 Å². The third kappa shape index (κ3) is 6.61. The molecule has 2 N–H and O–H groups in total. The Morgan fingerprint density at radius 1 is 1.17 bits per heavy atom. The Morgan fingerprint density at radius 3 is 2.60 bits per heavy atom. The number of benzene rings is 1. The second kappa shape index (κ2) is 10.5. The van der Waals surface area contributed by atoms with Crippen LogP contribution in [0, 0.1) is 11.8 Å². The van der Waals surface area contributed by atoms with E-state index in [1.54, 1.807) is 12.1 Å². The number of carboxylic acid groups (broad SMARTS) is 1. The molecule has 1 saturated carbocycles. The zero-order valence-corrected chi connectivity index (χ0v) is 18.7. The van der Waals surface area contributed by atoms with Crippen LogP contribution in [0.25, 0.3) is 0 Å². The summed E-state index contributed by atoms with van der Waals surface area (Å²) in [5.74, 6) is 0.00724. The van der Waals surface area contributed by atoms with Gasteiger partial charge in [0.25, 0.3) is 0 Å². The van der Waals surface area contributed by atoms with Crippen molar-refractivity contribution in [3.63, 3.8) is 0 Å². The van der Waals surface area contributed by atoms with E-state index in [4.69, 9.17) is 16.7 Å². The van der Waals surface area contributed by atoms with Gasteiger partial charge in [-0.3, -0.25) is 9.52 Å². The monoisotopic (exact) mass is 451 g/mol. The van der Waals surface area contributed by atoms with Crippen molar-refractivity contribution in [1.29, 1.82) is 0 Å². The number of sulfonamides is 1. The normalized spacial score (nSPS) is 21.4. The molecular weight excluding hydrogens is 422 g/mol. The number of unbranched alkanes of at least 4 members (excludes halogenated alkanes) is 1. The number of hydrogen-bond acceptors (Lipinski definition) is 3. The van der Waals surface area contributed by atoms with Crippen LogP contribution in [-0.4, -0.2) is 25.2 Å². The van der Waals surface area contributed by atoms with Crippen LogP contribution in [0.4, 0.5) is 0 Å². The van der Waals surface area contributed by atoms with Gasteiger partial charge in [0.1, 0.15) is 0 Å². The summed E-state index contributed by atoms with van der Waals surface area (Å²) in [6.07, 6.45) is 11.1. The molecular formula is C23H30ClNO4S. The zero-order valence-electron chi connectivity index (χ0n) is 17.1. The van der Waals surface area contributed by atoms with Crippen molar-refractivity contribution in [2.75, 3.05) is 5.75 Å². The maximum absolute atomic E-state index is 12.8. The molecule has 0 saturated heterocycles. The van der Waals surface area contributed by atoms with E-state index in [1.807, 2.05) is 18.2 Å². The molecule has 0 aromatic heterocycles. The molecule has 0 spiro atoms. The van der Waals surface area contributed by atoms with E-state index in [-0.39, 0.29) is 12.2 Å². The van der Waals surface area contributed by atoms with Gasteiger partial charge in [0, 0.05) is 17.1 Å². The van der Waals surface area contributed by atoms with Gasteiger partial charge in [0.2, 0.25) is 10.0 Å². The number of aryl methyl sites for hydroxylation is 1. The van der Waals surface area contributed by atoms with Crippen LogP contribution in [0.3, 0.4) is 0 Å². The zero-order chi connectivity index (χ0) is 21.6. The summed E-state index contributed by atoms with van der Waals surface area (Å²) in [5, 5.41) is 9.33. The first kappa shape index (κ1) is 22.9. The van der Waals surface area contributed by atoms with E-state index >= 15 is 0 Å². The lowest BCUT2D eigenvalue weighted by molar-refractivity contribution is -0.137. The van der Waals surface area contributed by atoms with Crippen molar-refractivity contribution >= 4 is 27.6 Å². The van der Waals surface area contributed by atoms with E-state index in [1.165, 1.54) is 5.57 Å². The maximum atomic E-state index is 12.8. The van der Waals surface area contributed by atoms with Gasteiger partial charge >= 0.3 is 5.97 Å². The molecule has 0 radical (unpaired) electrons. The first-order valence-corrected chi connectivity index (χ1v) is 12.7. The Hall–Kier alpha value is -1.79. The van der Waals surface area contributed by atoms with Crippen LogP contribution in [-0.2, 0) is 21.2 Å². The highest BCUT2D eigenvalue weighted by Gasteiger charge is 2.36. The number of aliphatic carboxylic acids is 1. The molecule has 4 rings (SSSR count). The van der Waals surface area contributed by atoms with Gasteiger partial charge in [-0.25, -0.2) is 8.42 Å². The van der Waals surface area contributed by atoms with Crippen LogP contribution in [0.1, 0.15) is 56.9 Å². The predicted octanol–water partition coefficient (Wildman–Crippen LogP) is 5.08. The lowest BCUT2D eigenvalue weighted by Crippen LogP contribution is -2.37. The van der Waals surface area contributed by atoms with Gasteiger partial charge in [0.05, 0.1) is 5.75 Å². The number of rotatable bonds is 11. The van der Waals surface area contributed by atoms with Crippen molar-refractivity contribution in [1.82, 2.24) is 4.72 Å². The first-order chi connectivity index (χ1) is 14.3. The Morgan fingerprint density at radius 2 is 1.90 bits per heavy atom. The highest BCUT2D eigenvalue weighted by Crippen LogP contribution is 2.45. The highest BCUT2D eigenvalue weighted by atomic mass is 35.5. The number of carbonyl (C=O) groups is 1. The van der Waals surface area contributed by atoms with Gasteiger partial charge in [-0.05, 0) is 86.5 Å². The third-order valence-electron chi connectivity index (χ3n) is 6.05. The lowest BCUT2D eigenvalue weighted by atomic mass is 9.69. The van der Waals surface area contributed by atoms with Crippen LogP contribution < -0.4 is 4.72 Å². The van der Waals surface area contributed by atoms with E-state index in [2.05, 4.69) is 10.8 Å². The second-order valence-electron chi connectivity index (χ2n) is 8.25. The minimum Gasteiger partial charge on any atom is -0.481 e. The fraction of sp³-hybridized carbons (Fsp3) is 0.522. The molecule has 1 aromatic carbocycles. The Labute approximate surface area is 184 Å². The molecule has 7 heteroatoms. The quantitative estimate of drug-likeness (QED) is 0.363. The molecule has 164 valence electrons. The summed E-state index contributed by atoms with van der Waals surface area (Å²) in [7, 11) is -3.44. The van der Waals surface area contributed by atoms with E-state index < -0.39 is 16.0 Å². The highest BCUT2D eigenvalue weighted by molar-refractivity contribution is 7.89. The van der Waals surface area contributed by atoms with E-state index in [0.29, 0.717) is 29.7 Å². The maximum Gasteiger partial charge on any atom is 0.303 e. The fourth-order valence-corrected chi connectivity index (χ4v) is 5.95. The molecule has 1 aromatic rings. The predicted molar refractivity (Wildman–Crippen MR) is 120 cm³/mol. The van der Waals surface area contributed by atoms with Crippen molar-refractivity contribution in [3.8, 4) is 0 Å². The fourth-order valence-electron chi connectivity index (χ4n) is 4.50. The summed E-state index contributed by atoms with van der Waals surface area (Å²) in [5.41, 5.74) is 3.05. The molecule has 0 aliphatic heterocycles. The summed E-state index contributed by atoms with van der Waals surface area (Å²) in [6.45, 7) is 0. The number of fused-ring (bicyclic) bond motifs is 2. The topological polar surface area (TPSA) is 83.5 Å². The number of nitrogens with one attached hydrogen (secondary N) is 1. The number of hydrogen-bond donors (Lipinski definition) is 2. The van der Waals surface area contributed by atoms with Crippen LogP contribution >= 0.6 is 11.6 Å². The van der Waals surface area contributed by atoms with E-state index in [9.17, 15) is 13.2 Å². The molecule has 30 heavy (non-hydrogen) atoms. The number of halogens is 1. The Bertz CT molecular complexity index is 915. The molecule has 1 fully saturated rings. The molecule has 2 bridgehead atoms. The van der Waals surface area contributed by atoms with Gasteiger partial charge < -0.3 is 5.11 Å². The Balaban J connectivity index is 1.64. The average molecular weight is 452 g/mol. The molecule has 0 atom stereocenters. The Kier molecular flexibility index (Phi) is 8.00. The van der Waals surface area contributed by atoms with Crippen molar-refractivity contribution in [2.24, 2.45) is 11.8 Å². The van der Waals surface area contributed by atoms with E-state index in [0.717, 1.165) is 49.8 Å². The molecule has 0 amide bonds. The minimum atomic E-state index is -3.44. The lowest BCUT2D eigenvalue weighted by Gasteiger charge is -2.40. The SMILES string of the molecule is O=C(O)CCCC=CCC1=C(NS(=O)(=O)CCc2cccc(Cl)c2)C2CCC1CC2. The van der Waals surface area contributed by atoms with Crippen molar-refractivity contribution in [3.05, 3.63) is 58.3 Å². The largest absolute Gasteiger partial charge is 0.481 e. The van der Waals surface area contributed by atoms with Gasteiger partial charge in [-0.15, -0.1) is 0 Å². The summed E-state index contributed by atoms with van der Waals surface area (Å²) in [4.78, 5) is 10.6. The molecule has 3 aliphatic carbocycles. The third-order valence-corrected chi connectivity index (χ3v) is 7.56. The van der Waals surface area contributed by atoms with Crippen LogP contribution in [0.5, 0.6) is 0 Å². The van der Waals surface area contributed by atoms with Crippen LogP contribution in [0.2, 0.25) is 5.02 Å². The van der Waals surface area contributed by atoms with Crippen LogP contribution in [0.15, 0.2) is 47.7 Å². The smallest absolute Gasteiger partial charge is 0.303 e. The number of allylic oxidation sites excluding steroid dienone is 4. The minimum absolute atomic E-state index is 0.0343. The average Bonchev–Trinajstić information content (AvgIpc) is 2.71. The number of carboxylic acids is 1. The summed E-state index contributed by atoms with van der Waals surface area (Å²) in [6, 6.07) is 7.31. The van der Waals surface area contributed by atoms with Gasteiger partial charge in [-0.1, -0.05) is 35.9 Å². The standard InChI is InChI=1S/C23H30ClNO4S/c24-20-7-5-6-17(16-20)14-15-30(28,29)25-23-19-12-10-18(11-13-19)21(23)8-3-1-2-4-9-22(26)27/h1,3,5-7,16,18-19,25H,2,4,8-15H2,(H,26,27). The van der Waals surface area contributed by atoms with Gasteiger partial charge in [0.15, 0.2) is 0 Å².